The Bertz CT molecular complexity index is 298. The molecule has 0 spiro atoms. The lowest BCUT2D eigenvalue weighted by molar-refractivity contribution is 0.505. The maximum absolute atomic E-state index is 4.11. The van der Waals surface area contributed by atoms with Crippen LogP contribution in [-0.4, -0.2) is 17.6 Å². The molecular formula is C10H15N3. The summed E-state index contributed by atoms with van der Waals surface area (Å²) >= 11 is 0. The minimum Gasteiger partial charge on any atom is -0.382 e. The first-order valence-electron chi connectivity index (χ1n) is 4.71. The number of nitrogens with one attached hydrogen (secondary N) is 2. The number of aromatic nitrogens is 1. The van der Waals surface area contributed by atoms with Crippen molar-refractivity contribution in [2.75, 3.05) is 11.9 Å². The molecule has 3 heteroatoms. The van der Waals surface area contributed by atoms with E-state index in [0.29, 0.717) is 12.1 Å². The highest BCUT2D eigenvalue weighted by molar-refractivity contribution is 5.51. The molecule has 0 unspecified atom stereocenters. The molecule has 2 atom stereocenters. The van der Waals surface area contributed by atoms with Gasteiger partial charge in [0.15, 0.2) is 0 Å². The predicted molar refractivity (Wildman–Crippen MR) is 53.7 cm³/mol. The van der Waals surface area contributed by atoms with E-state index in [4.69, 9.17) is 0 Å². The quantitative estimate of drug-likeness (QED) is 0.631. The summed E-state index contributed by atoms with van der Waals surface area (Å²) in [5.41, 5.74) is 2.46. The van der Waals surface area contributed by atoms with E-state index in [2.05, 4.69) is 35.5 Å². The van der Waals surface area contributed by atoms with Crippen molar-refractivity contribution in [1.29, 1.82) is 0 Å². The number of fused-ring (bicyclic) bond motifs is 1. The van der Waals surface area contributed by atoms with E-state index >= 15 is 0 Å². The van der Waals surface area contributed by atoms with Crippen molar-refractivity contribution >= 4 is 5.69 Å². The average molecular weight is 177 g/mol. The summed E-state index contributed by atoms with van der Waals surface area (Å²) in [6.45, 7) is 5.33. The third kappa shape index (κ3) is 1.65. The molecule has 13 heavy (non-hydrogen) atoms. The molecule has 2 heterocycles. The van der Waals surface area contributed by atoms with Crippen LogP contribution in [0.3, 0.4) is 0 Å². The fourth-order valence-corrected chi connectivity index (χ4v) is 1.77. The van der Waals surface area contributed by atoms with E-state index < -0.39 is 0 Å². The number of hydrogen-bond acceptors (Lipinski definition) is 3. The topological polar surface area (TPSA) is 37.0 Å². The Morgan fingerprint density at radius 3 is 3.15 bits per heavy atom. The van der Waals surface area contributed by atoms with Gasteiger partial charge in [0.2, 0.25) is 0 Å². The van der Waals surface area contributed by atoms with Crippen LogP contribution in [0.5, 0.6) is 0 Å². The molecule has 0 aromatic carbocycles. The Kier molecular flexibility index (Phi) is 2.19. The molecular weight excluding hydrogens is 162 g/mol. The molecule has 1 aromatic heterocycles. The Morgan fingerprint density at radius 2 is 2.31 bits per heavy atom. The highest BCUT2D eigenvalue weighted by Gasteiger charge is 2.16. The first-order chi connectivity index (χ1) is 6.27. The first-order valence-corrected chi connectivity index (χ1v) is 4.71. The fourth-order valence-electron chi connectivity index (χ4n) is 1.77. The van der Waals surface area contributed by atoms with Crippen LogP contribution in [0.15, 0.2) is 18.5 Å². The van der Waals surface area contributed by atoms with Crippen LogP contribution in [0, 0.1) is 0 Å². The van der Waals surface area contributed by atoms with Crippen LogP contribution in [-0.2, 0) is 0 Å². The number of nitrogens with zero attached hydrogens (tertiary/aromatic N) is 1. The van der Waals surface area contributed by atoms with Gasteiger partial charge in [-0.15, -0.1) is 0 Å². The Balaban J connectivity index is 2.35. The first kappa shape index (κ1) is 8.51. The van der Waals surface area contributed by atoms with E-state index in [0.717, 1.165) is 12.2 Å². The molecule has 0 amide bonds. The molecule has 0 bridgehead atoms. The lowest BCUT2D eigenvalue weighted by Crippen LogP contribution is -2.31. The molecule has 1 aromatic rings. The van der Waals surface area contributed by atoms with Gasteiger partial charge in [0.05, 0.1) is 11.9 Å². The maximum atomic E-state index is 4.11. The number of rotatable bonds is 0. The highest BCUT2D eigenvalue weighted by Crippen LogP contribution is 2.23. The maximum Gasteiger partial charge on any atom is 0.0575 e. The zero-order valence-electron chi connectivity index (χ0n) is 8.04. The number of hydrogen-bond donors (Lipinski definition) is 2. The molecule has 1 aliphatic rings. The number of anilines is 1. The van der Waals surface area contributed by atoms with E-state index in [9.17, 15) is 0 Å². The minimum absolute atomic E-state index is 0.406. The van der Waals surface area contributed by atoms with Crippen molar-refractivity contribution in [3.8, 4) is 0 Å². The zero-order chi connectivity index (χ0) is 9.26. The normalized spacial score (nSPS) is 27.2. The molecule has 0 aliphatic carbocycles. The van der Waals surface area contributed by atoms with Crippen LogP contribution in [0.2, 0.25) is 0 Å². The summed E-state index contributed by atoms with van der Waals surface area (Å²) in [6.07, 6.45) is 3.74. The summed E-state index contributed by atoms with van der Waals surface area (Å²) in [5.74, 6) is 0. The Morgan fingerprint density at radius 1 is 1.46 bits per heavy atom. The van der Waals surface area contributed by atoms with Crippen LogP contribution >= 0.6 is 0 Å². The molecule has 3 nitrogen and oxygen atoms in total. The number of pyridine rings is 1. The van der Waals surface area contributed by atoms with Crippen molar-refractivity contribution in [1.82, 2.24) is 10.3 Å². The van der Waals surface area contributed by atoms with Crippen molar-refractivity contribution in [3.63, 3.8) is 0 Å². The SMILES string of the molecule is C[C@@H]1CNc2cnccc2[C@H](C)N1. The molecule has 0 saturated heterocycles. The summed E-state index contributed by atoms with van der Waals surface area (Å²) in [4.78, 5) is 4.11. The smallest absolute Gasteiger partial charge is 0.0575 e. The van der Waals surface area contributed by atoms with E-state index in [-0.39, 0.29) is 0 Å². The molecule has 2 N–H and O–H groups in total. The van der Waals surface area contributed by atoms with Gasteiger partial charge in [-0.3, -0.25) is 4.98 Å². The van der Waals surface area contributed by atoms with Crippen LogP contribution in [0.1, 0.15) is 25.5 Å². The second-order valence-electron chi connectivity index (χ2n) is 3.63. The Hall–Kier alpha value is -1.09. The summed E-state index contributed by atoms with van der Waals surface area (Å²) in [5, 5.41) is 6.89. The van der Waals surface area contributed by atoms with Gasteiger partial charge in [0.1, 0.15) is 0 Å². The second-order valence-corrected chi connectivity index (χ2v) is 3.63. The lowest BCUT2D eigenvalue weighted by atomic mass is 10.1. The van der Waals surface area contributed by atoms with Gasteiger partial charge >= 0.3 is 0 Å². The van der Waals surface area contributed by atoms with Crippen molar-refractivity contribution < 1.29 is 0 Å². The van der Waals surface area contributed by atoms with Gasteiger partial charge in [-0.05, 0) is 25.5 Å². The van der Waals surface area contributed by atoms with Gasteiger partial charge < -0.3 is 10.6 Å². The standard InChI is InChI=1S/C10H15N3/c1-7-5-12-10-6-11-4-3-9(10)8(2)13-7/h3-4,6-8,12-13H,5H2,1-2H3/t7-,8+/m1/s1. The van der Waals surface area contributed by atoms with E-state index in [1.54, 1.807) is 0 Å². The summed E-state index contributed by atoms with van der Waals surface area (Å²) in [6, 6.07) is 2.98. The molecule has 0 radical (unpaired) electrons. The minimum atomic E-state index is 0.406. The van der Waals surface area contributed by atoms with Crippen LogP contribution in [0.25, 0.3) is 0 Å². The van der Waals surface area contributed by atoms with Crippen molar-refractivity contribution in [2.45, 2.75) is 25.9 Å². The fraction of sp³-hybridized carbons (Fsp3) is 0.500. The Labute approximate surface area is 78.6 Å². The third-order valence-electron chi connectivity index (χ3n) is 2.45. The second kappa shape index (κ2) is 3.34. The van der Waals surface area contributed by atoms with Crippen molar-refractivity contribution in [2.24, 2.45) is 0 Å². The molecule has 1 aliphatic heterocycles. The largest absolute Gasteiger partial charge is 0.382 e. The van der Waals surface area contributed by atoms with E-state index in [1.807, 2.05) is 12.4 Å². The molecule has 70 valence electrons. The molecule has 0 saturated carbocycles. The van der Waals surface area contributed by atoms with Gasteiger partial charge in [0.25, 0.3) is 0 Å². The average Bonchev–Trinajstić information content (AvgIpc) is 2.27. The van der Waals surface area contributed by atoms with Crippen LogP contribution in [0.4, 0.5) is 5.69 Å². The highest BCUT2D eigenvalue weighted by atomic mass is 15.0. The van der Waals surface area contributed by atoms with Gasteiger partial charge in [-0.1, -0.05) is 0 Å². The third-order valence-corrected chi connectivity index (χ3v) is 2.45. The zero-order valence-corrected chi connectivity index (χ0v) is 8.04. The predicted octanol–water partition coefficient (Wildman–Crippen LogP) is 1.55. The van der Waals surface area contributed by atoms with Crippen molar-refractivity contribution in [3.05, 3.63) is 24.0 Å². The lowest BCUT2D eigenvalue weighted by Gasteiger charge is -2.15. The van der Waals surface area contributed by atoms with Gasteiger partial charge in [-0.2, -0.15) is 0 Å². The summed E-state index contributed by atoms with van der Waals surface area (Å²) in [7, 11) is 0. The summed E-state index contributed by atoms with van der Waals surface area (Å²) < 4.78 is 0. The molecule has 0 fully saturated rings. The van der Waals surface area contributed by atoms with Gasteiger partial charge in [-0.25, -0.2) is 0 Å². The monoisotopic (exact) mass is 177 g/mol. The molecule has 2 rings (SSSR count). The van der Waals surface area contributed by atoms with Crippen LogP contribution < -0.4 is 10.6 Å². The van der Waals surface area contributed by atoms with E-state index in [1.165, 1.54) is 5.56 Å². The van der Waals surface area contributed by atoms with Gasteiger partial charge in [0, 0.05) is 24.8 Å².